The van der Waals surface area contributed by atoms with Crippen molar-refractivity contribution < 1.29 is 4.79 Å². The summed E-state index contributed by atoms with van der Waals surface area (Å²) in [5.41, 5.74) is 3.40. The first-order chi connectivity index (χ1) is 16.1. The third-order valence-electron chi connectivity index (χ3n) is 5.46. The molecule has 0 bridgehead atoms. The first-order valence-corrected chi connectivity index (χ1v) is 11.9. The second kappa shape index (κ2) is 11.0. The maximum atomic E-state index is 13.6. The summed E-state index contributed by atoms with van der Waals surface area (Å²) in [7, 11) is 0. The quantitative estimate of drug-likeness (QED) is 0.319. The molecular weight excluding hydrogens is 428 g/mol. The summed E-state index contributed by atoms with van der Waals surface area (Å²) in [5, 5.41) is 9.10. The maximum Gasteiger partial charge on any atom is 0.236 e. The fourth-order valence-electron chi connectivity index (χ4n) is 3.68. The summed E-state index contributed by atoms with van der Waals surface area (Å²) >= 11 is 1.47. The highest BCUT2D eigenvalue weighted by Gasteiger charge is 2.24. The van der Waals surface area contributed by atoms with Gasteiger partial charge in [0.15, 0.2) is 5.16 Å². The average Bonchev–Trinajstić information content (AvgIpc) is 3.19. The number of carbonyl (C=O) groups is 1. The normalized spacial score (nSPS) is 11.8. The van der Waals surface area contributed by atoms with Gasteiger partial charge in [-0.3, -0.25) is 4.79 Å². The van der Waals surface area contributed by atoms with Crippen LogP contribution in [0.4, 0.5) is 0 Å². The number of carbonyl (C=O) groups excluding carboxylic acids is 1. The lowest BCUT2D eigenvalue weighted by Gasteiger charge is -2.26. The largest absolute Gasteiger partial charge is 0.333 e. The van der Waals surface area contributed by atoms with E-state index in [1.807, 2.05) is 73.3 Å². The van der Waals surface area contributed by atoms with E-state index in [-0.39, 0.29) is 11.2 Å². The van der Waals surface area contributed by atoms with E-state index in [0.717, 1.165) is 22.1 Å². The van der Waals surface area contributed by atoms with Crippen LogP contribution in [0, 0.1) is 6.92 Å². The van der Waals surface area contributed by atoms with Gasteiger partial charge in [0.25, 0.3) is 0 Å². The van der Waals surface area contributed by atoms with Crippen molar-refractivity contribution in [3.8, 4) is 0 Å². The number of aryl methyl sites for hydroxylation is 1. The van der Waals surface area contributed by atoms with Crippen molar-refractivity contribution in [2.75, 3.05) is 0 Å². The summed E-state index contributed by atoms with van der Waals surface area (Å²) < 4.78 is 2.07. The van der Waals surface area contributed by atoms with E-state index in [1.165, 1.54) is 17.3 Å². The monoisotopic (exact) mass is 456 g/mol. The summed E-state index contributed by atoms with van der Waals surface area (Å²) in [5.74, 6) is 0.922. The summed E-state index contributed by atoms with van der Waals surface area (Å²) in [6, 6.07) is 30.5. The Hall–Kier alpha value is -3.38. The lowest BCUT2D eigenvalue weighted by Crippen LogP contribution is -2.35. The van der Waals surface area contributed by atoms with E-state index in [0.29, 0.717) is 19.6 Å². The fraction of sp³-hybridized carbons (Fsp3) is 0.222. The van der Waals surface area contributed by atoms with Crippen LogP contribution in [0.5, 0.6) is 0 Å². The minimum absolute atomic E-state index is 0.0830. The number of amides is 1. The van der Waals surface area contributed by atoms with Gasteiger partial charge in [-0.25, -0.2) is 0 Å². The molecular formula is C27H28N4OS. The van der Waals surface area contributed by atoms with Crippen LogP contribution in [0.2, 0.25) is 0 Å². The zero-order chi connectivity index (χ0) is 23.0. The Morgan fingerprint density at radius 2 is 1.30 bits per heavy atom. The molecule has 0 radical (unpaired) electrons. The number of rotatable bonds is 9. The molecule has 0 saturated carbocycles. The molecule has 0 spiro atoms. The van der Waals surface area contributed by atoms with Gasteiger partial charge in [-0.2, -0.15) is 0 Å². The molecule has 0 saturated heterocycles. The zero-order valence-electron chi connectivity index (χ0n) is 19.0. The summed E-state index contributed by atoms with van der Waals surface area (Å²) in [6.07, 6.45) is 0. The van der Waals surface area contributed by atoms with Crippen molar-refractivity contribution in [1.82, 2.24) is 19.7 Å². The molecule has 1 unspecified atom stereocenters. The highest BCUT2D eigenvalue weighted by Crippen LogP contribution is 2.26. The molecule has 0 aliphatic rings. The van der Waals surface area contributed by atoms with Gasteiger partial charge in [-0.05, 0) is 30.5 Å². The van der Waals surface area contributed by atoms with Crippen molar-refractivity contribution in [3.63, 3.8) is 0 Å². The molecule has 0 aliphatic carbocycles. The third-order valence-corrected chi connectivity index (χ3v) is 6.53. The minimum atomic E-state index is -0.296. The van der Waals surface area contributed by atoms with Crippen molar-refractivity contribution in [3.05, 3.63) is 114 Å². The SMILES string of the molecule is Cc1nnc(SC(C)C(=O)N(Cc2ccccc2)Cc2ccccc2)n1Cc1ccccc1. The Kier molecular flexibility index (Phi) is 7.58. The topological polar surface area (TPSA) is 51.0 Å². The Morgan fingerprint density at radius 3 is 1.82 bits per heavy atom. The molecule has 5 nitrogen and oxygen atoms in total. The van der Waals surface area contributed by atoms with E-state index in [9.17, 15) is 4.79 Å². The predicted octanol–water partition coefficient (Wildman–Crippen LogP) is 5.34. The van der Waals surface area contributed by atoms with Crippen LogP contribution in [0.1, 0.15) is 29.4 Å². The number of thioether (sulfide) groups is 1. The van der Waals surface area contributed by atoms with E-state index in [4.69, 9.17) is 0 Å². The smallest absolute Gasteiger partial charge is 0.236 e. The van der Waals surface area contributed by atoms with Gasteiger partial charge in [0.2, 0.25) is 5.91 Å². The molecule has 6 heteroatoms. The Labute approximate surface area is 199 Å². The molecule has 0 N–H and O–H groups in total. The Morgan fingerprint density at radius 1 is 0.818 bits per heavy atom. The highest BCUT2D eigenvalue weighted by atomic mass is 32.2. The van der Waals surface area contributed by atoms with Crippen LogP contribution in [-0.2, 0) is 24.4 Å². The van der Waals surface area contributed by atoms with Crippen LogP contribution in [-0.4, -0.2) is 30.8 Å². The van der Waals surface area contributed by atoms with Gasteiger partial charge in [-0.15, -0.1) is 10.2 Å². The van der Waals surface area contributed by atoms with E-state index in [1.54, 1.807) is 0 Å². The molecule has 0 fully saturated rings. The van der Waals surface area contributed by atoms with E-state index in [2.05, 4.69) is 51.2 Å². The predicted molar refractivity (Wildman–Crippen MR) is 133 cm³/mol. The summed E-state index contributed by atoms with van der Waals surface area (Å²) in [4.78, 5) is 15.5. The third kappa shape index (κ3) is 6.11. The molecule has 33 heavy (non-hydrogen) atoms. The molecule has 1 heterocycles. The molecule has 1 atom stereocenters. The lowest BCUT2D eigenvalue weighted by atomic mass is 10.1. The van der Waals surface area contributed by atoms with Gasteiger partial charge in [0.1, 0.15) is 5.82 Å². The minimum Gasteiger partial charge on any atom is -0.333 e. The molecule has 0 aliphatic heterocycles. The van der Waals surface area contributed by atoms with Crippen LogP contribution in [0.15, 0.2) is 96.2 Å². The van der Waals surface area contributed by atoms with Crippen LogP contribution in [0.25, 0.3) is 0 Å². The van der Waals surface area contributed by atoms with E-state index >= 15 is 0 Å². The van der Waals surface area contributed by atoms with Crippen LogP contribution < -0.4 is 0 Å². The number of nitrogens with zero attached hydrogens (tertiary/aromatic N) is 4. The Balaban J connectivity index is 1.51. The molecule has 1 aromatic heterocycles. The van der Waals surface area contributed by atoms with Crippen LogP contribution in [0.3, 0.4) is 0 Å². The molecule has 168 valence electrons. The standard InChI is InChI=1S/C27H28N4OS/c1-21(33-27-29-28-22(2)31(27)20-25-16-10-5-11-17-25)26(32)30(18-23-12-6-3-7-13-23)19-24-14-8-4-9-15-24/h3-17,21H,18-20H2,1-2H3. The lowest BCUT2D eigenvalue weighted by molar-refractivity contribution is -0.131. The zero-order valence-corrected chi connectivity index (χ0v) is 19.8. The van der Waals surface area contributed by atoms with Crippen LogP contribution >= 0.6 is 11.8 Å². The van der Waals surface area contributed by atoms with Crippen molar-refractivity contribution in [1.29, 1.82) is 0 Å². The van der Waals surface area contributed by atoms with Gasteiger partial charge in [0.05, 0.1) is 11.8 Å². The molecule has 1 amide bonds. The number of benzene rings is 3. The summed E-state index contributed by atoms with van der Waals surface area (Å²) in [6.45, 7) is 5.71. The first-order valence-electron chi connectivity index (χ1n) is 11.1. The highest BCUT2D eigenvalue weighted by molar-refractivity contribution is 8.00. The second-order valence-electron chi connectivity index (χ2n) is 8.03. The van der Waals surface area contributed by atoms with Gasteiger partial charge < -0.3 is 9.47 Å². The van der Waals surface area contributed by atoms with Gasteiger partial charge >= 0.3 is 0 Å². The maximum absolute atomic E-state index is 13.6. The Bertz CT molecular complexity index is 1120. The number of hydrogen-bond donors (Lipinski definition) is 0. The average molecular weight is 457 g/mol. The van der Waals surface area contributed by atoms with Crippen molar-refractivity contribution in [2.24, 2.45) is 0 Å². The molecule has 4 rings (SSSR count). The number of hydrogen-bond acceptors (Lipinski definition) is 4. The fourth-order valence-corrected chi connectivity index (χ4v) is 4.66. The van der Waals surface area contributed by atoms with Crippen molar-refractivity contribution >= 4 is 17.7 Å². The first kappa shape index (κ1) is 22.8. The van der Waals surface area contributed by atoms with Gasteiger partial charge in [-0.1, -0.05) is 103 Å². The number of aromatic nitrogens is 3. The second-order valence-corrected chi connectivity index (χ2v) is 9.34. The van der Waals surface area contributed by atoms with Crippen molar-refractivity contribution in [2.45, 2.75) is 43.9 Å². The molecule has 4 aromatic rings. The van der Waals surface area contributed by atoms with Gasteiger partial charge in [0, 0.05) is 13.1 Å². The van der Waals surface area contributed by atoms with E-state index < -0.39 is 0 Å². The molecule has 3 aromatic carbocycles.